The number of nitrogens with one attached hydrogen (secondary N) is 1. The first kappa shape index (κ1) is 28.4. The molecule has 2 aromatic carbocycles. The number of hydrogen-bond acceptors (Lipinski definition) is 4. The van der Waals surface area contributed by atoms with Gasteiger partial charge >= 0.3 is 0 Å². The van der Waals surface area contributed by atoms with E-state index in [1.54, 1.807) is 6.08 Å². The third kappa shape index (κ3) is 6.06. The Morgan fingerprint density at radius 3 is 2.46 bits per heavy atom. The van der Waals surface area contributed by atoms with Crippen molar-refractivity contribution >= 4 is 11.6 Å². The van der Waals surface area contributed by atoms with Gasteiger partial charge in [-0.15, -0.1) is 0 Å². The molecule has 1 aliphatic heterocycles. The highest BCUT2D eigenvalue weighted by Gasteiger charge is 2.52. The second-order valence-corrected chi connectivity index (χ2v) is 9.66. The first-order chi connectivity index (χ1) is 18.0. The smallest absolute Gasteiger partial charge is 0.238 e. The average Bonchev–Trinajstić information content (AvgIpc) is 3.13. The van der Waals surface area contributed by atoms with Crippen LogP contribution < -0.4 is 15.0 Å². The molecule has 37 heavy (non-hydrogen) atoms. The van der Waals surface area contributed by atoms with Crippen LogP contribution in [0.1, 0.15) is 63.6 Å². The van der Waals surface area contributed by atoms with Gasteiger partial charge in [0, 0.05) is 12.2 Å². The Balaban J connectivity index is 2.11. The summed E-state index contributed by atoms with van der Waals surface area (Å²) >= 11 is 0. The summed E-state index contributed by atoms with van der Waals surface area (Å²) in [6.45, 7) is 10.8. The van der Waals surface area contributed by atoms with Crippen molar-refractivity contribution < 1.29 is 14.6 Å². The molecule has 1 heterocycles. The van der Waals surface area contributed by atoms with Crippen LogP contribution in [0.3, 0.4) is 0 Å². The third-order valence-corrected chi connectivity index (χ3v) is 7.14. The Hall–Kier alpha value is -3.15. The predicted octanol–water partition coefficient (Wildman–Crippen LogP) is 6.26. The van der Waals surface area contributed by atoms with E-state index in [0.29, 0.717) is 13.2 Å². The van der Waals surface area contributed by atoms with Gasteiger partial charge < -0.3 is 20.1 Å². The van der Waals surface area contributed by atoms with Gasteiger partial charge in [0.1, 0.15) is 12.4 Å². The zero-order valence-corrected chi connectivity index (χ0v) is 22.7. The number of likely N-dealkylation sites (N-methyl/N-ethyl adjacent to an activating group) is 1. The molecule has 3 rings (SSSR count). The molecule has 2 N–H and O–H groups in total. The lowest BCUT2D eigenvalue weighted by Gasteiger charge is -2.35. The number of nitrogens with zero attached hydrogens (tertiary/aromatic N) is 1. The van der Waals surface area contributed by atoms with Crippen molar-refractivity contribution in [2.24, 2.45) is 0 Å². The summed E-state index contributed by atoms with van der Waals surface area (Å²) in [4.78, 5) is 16.3. The number of carbonyl (C=O) groups is 1. The van der Waals surface area contributed by atoms with Gasteiger partial charge in [-0.05, 0) is 61.7 Å². The fourth-order valence-electron chi connectivity index (χ4n) is 5.49. The van der Waals surface area contributed by atoms with Gasteiger partial charge in [-0.1, -0.05) is 87.9 Å². The van der Waals surface area contributed by atoms with E-state index in [-0.39, 0.29) is 5.91 Å². The molecule has 0 saturated heterocycles. The summed E-state index contributed by atoms with van der Waals surface area (Å²) in [5.74, 6) is 0.804. The van der Waals surface area contributed by atoms with Crippen LogP contribution in [0.4, 0.5) is 5.69 Å². The maximum atomic E-state index is 14.5. The summed E-state index contributed by atoms with van der Waals surface area (Å²) < 4.78 is 6.19. The summed E-state index contributed by atoms with van der Waals surface area (Å²) in [6.07, 6.45) is 10.1. The number of rotatable bonds is 14. The van der Waals surface area contributed by atoms with Crippen molar-refractivity contribution in [3.63, 3.8) is 0 Å². The van der Waals surface area contributed by atoms with Crippen molar-refractivity contribution in [2.45, 2.75) is 64.0 Å². The lowest BCUT2D eigenvalue weighted by molar-refractivity contribution is -0.124. The standard InChI is InChI=1S/C32H42N2O3/c1-6-10-14-24(9-4)23-37-26-17-18-28-27(21-26)32(19-7-2,20-8-3)31(36)34(28)30(29(35)22-33-5)25-15-12-11-13-16-25/h6,9-18,21,29-30,33,35H,1,7-8,19-20,22-23H2,2-5H3/b14-10-,24-9+. The Labute approximate surface area is 222 Å². The summed E-state index contributed by atoms with van der Waals surface area (Å²) in [5.41, 5.74) is 3.18. The number of fused-ring (bicyclic) bond motifs is 1. The van der Waals surface area contributed by atoms with Gasteiger partial charge in [0.15, 0.2) is 0 Å². The molecule has 0 fully saturated rings. The third-order valence-electron chi connectivity index (χ3n) is 7.14. The molecule has 0 saturated carbocycles. The fourth-order valence-corrected chi connectivity index (χ4v) is 5.49. The zero-order valence-electron chi connectivity index (χ0n) is 22.7. The van der Waals surface area contributed by atoms with Gasteiger partial charge in [0.05, 0.1) is 17.6 Å². The summed E-state index contributed by atoms with van der Waals surface area (Å²) in [6, 6.07) is 15.3. The molecule has 2 aromatic rings. The van der Waals surface area contributed by atoms with E-state index < -0.39 is 17.6 Å². The van der Waals surface area contributed by atoms with Crippen molar-refractivity contribution in [1.82, 2.24) is 5.32 Å². The highest BCUT2D eigenvalue weighted by molar-refractivity contribution is 6.09. The van der Waals surface area contributed by atoms with Gasteiger partial charge in [0.25, 0.3) is 0 Å². The number of hydrogen-bond donors (Lipinski definition) is 2. The van der Waals surface area contributed by atoms with E-state index in [4.69, 9.17) is 4.74 Å². The second-order valence-electron chi connectivity index (χ2n) is 9.66. The molecule has 0 bridgehead atoms. The highest BCUT2D eigenvalue weighted by atomic mass is 16.5. The largest absolute Gasteiger partial charge is 0.489 e. The number of ether oxygens (including phenoxy) is 1. The summed E-state index contributed by atoms with van der Waals surface area (Å²) in [5, 5.41) is 14.4. The Morgan fingerprint density at radius 2 is 1.86 bits per heavy atom. The van der Waals surface area contributed by atoms with E-state index in [0.717, 1.165) is 53.8 Å². The lowest BCUT2D eigenvalue weighted by Crippen LogP contribution is -2.47. The van der Waals surface area contributed by atoms with Crippen molar-refractivity contribution in [3.05, 3.63) is 96.1 Å². The Morgan fingerprint density at radius 1 is 1.16 bits per heavy atom. The van der Waals surface area contributed by atoms with Crippen LogP contribution in [0, 0.1) is 0 Å². The van der Waals surface area contributed by atoms with E-state index in [1.807, 2.05) is 79.6 Å². The molecule has 0 aliphatic carbocycles. The van der Waals surface area contributed by atoms with Gasteiger partial charge in [0.2, 0.25) is 5.91 Å². The predicted molar refractivity (Wildman–Crippen MR) is 153 cm³/mol. The van der Waals surface area contributed by atoms with Crippen LogP contribution in [0.15, 0.2) is 85.0 Å². The molecular weight excluding hydrogens is 460 g/mol. The molecule has 2 atom stereocenters. The van der Waals surface area contributed by atoms with Crippen LogP contribution in [0.5, 0.6) is 5.75 Å². The number of aliphatic hydroxyl groups excluding tert-OH is 1. The molecule has 2 unspecified atom stereocenters. The van der Waals surface area contributed by atoms with Gasteiger partial charge in [-0.25, -0.2) is 0 Å². The molecule has 0 radical (unpaired) electrons. The van der Waals surface area contributed by atoms with E-state index in [1.165, 1.54) is 0 Å². The number of anilines is 1. The number of benzene rings is 2. The molecule has 5 heteroatoms. The van der Waals surface area contributed by atoms with Gasteiger partial charge in [-0.2, -0.15) is 0 Å². The minimum Gasteiger partial charge on any atom is -0.489 e. The highest BCUT2D eigenvalue weighted by Crippen LogP contribution is 2.52. The molecule has 0 aromatic heterocycles. The minimum absolute atomic E-state index is 0.0652. The molecular formula is C32H42N2O3. The molecule has 1 aliphatic rings. The Bertz CT molecular complexity index is 1100. The average molecular weight is 503 g/mol. The van der Waals surface area contributed by atoms with Crippen molar-refractivity contribution in [3.8, 4) is 5.75 Å². The fraction of sp³-hybridized carbons (Fsp3) is 0.406. The molecule has 5 nitrogen and oxygen atoms in total. The molecule has 1 amide bonds. The lowest BCUT2D eigenvalue weighted by atomic mass is 9.74. The molecule has 198 valence electrons. The van der Waals surface area contributed by atoms with Gasteiger partial charge in [-0.3, -0.25) is 4.79 Å². The van der Waals surface area contributed by atoms with Crippen LogP contribution in [0.2, 0.25) is 0 Å². The number of aliphatic hydroxyl groups is 1. The molecule has 0 spiro atoms. The first-order valence-corrected chi connectivity index (χ1v) is 13.4. The first-order valence-electron chi connectivity index (χ1n) is 13.4. The summed E-state index contributed by atoms with van der Waals surface area (Å²) in [7, 11) is 1.82. The number of allylic oxidation sites excluding steroid dienone is 3. The zero-order chi connectivity index (χ0) is 26.8. The van der Waals surface area contributed by atoms with E-state index in [9.17, 15) is 9.90 Å². The van der Waals surface area contributed by atoms with Crippen LogP contribution in [0.25, 0.3) is 0 Å². The minimum atomic E-state index is -0.770. The van der Waals surface area contributed by atoms with Crippen molar-refractivity contribution in [1.29, 1.82) is 0 Å². The van der Waals surface area contributed by atoms with Crippen LogP contribution in [-0.4, -0.2) is 37.3 Å². The topological polar surface area (TPSA) is 61.8 Å². The SMILES string of the molecule is C=C/C=C\C(=C/C)COc1ccc2c(c1)C(CCC)(CCC)C(=O)N2C(c1ccccc1)C(O)CNC. The van der Waals surface area contributed by atoms with Crippen LogP contribution in [-0.2, 0) is 10.2 Å². The number of carbonyl (C=O) groups excluding carboxylic acids is 1. The normalized spacial score (nSPS) is 16.6. The maximum Gasteiger partial charge on any atom is 0.238 e. The number of amides is 1. The second kappa shape index (κ2) is 13.4. The quantitative estimate of drug-likeness (QED) is 0.299. The maximum absolute atomic E-state index is 14.5. The van der Waals surface area contributed by atoms with Crippen molar-refractivity contribution in [2.75, 3.05) is 25.1 Å². The van der Waals surface area contributed by atoms with Crippen LogP contribution >= 0.6 is 0 Å². The van der Waals surface area contributed by atoms with E-state index >= 15 is 0 Å². The van der Waals surface area contributed by atoms with E-state index in [2.05, 4.69) is 31.8 Å². The Kier molecular flexibility index (Phi) is 10.3. The monoisotopic (exact) mass is 502 g/mol.